The lowest BCUT2D eigenvalue weighted by Crippen LogP contribution is -2.52. The maximum atomic E-state index is 13.7. The lowest BCUT2D eigenvalue weighted by atomic mass is 9.54. The highest BCUT2D eigenvalue weighted by Crippen LogP contribution is 2.62. The van der Waals surface area contributed by atoms with Crippen molar-refractivity contribution in [2.75, 3.05) is 0 Å². The lowest BCUT2D eigenvalue weighted by Gasteiger charge is -2.46. The summed E-state index contributed by atoms with van der Waals surface area (Å²) in [6, 6.07) is 5.78. The molecular formula is C25H25ClF3NO3. The van der Waals surface area contributed by atoms with Crippen molar-refractivity contribution in [1.82, 2.24) is 4.98 Å². The summed E-state index contributed by atoms with van der Waals surface area (Å²) in [5.74, 6) is -1.18. The minimum absolute atomic E-state index is 0.0717. The number of rotatable bonds is 4. The molecule has 0 saturated heterocycles. The Labute approximate surface area is 195 Å². The van der Waals surface area contributed by atoms with E-state index in [1.807, 2.05) is 27.7 Å². The second-order valence-electron chi connectivity index (χ2n) is 9.67. The first-order valence-electron chi connectivity index (χ1n) is 10.9. The number of nitrogens with zero attached hydrogens (tertiary/aromatic N) is 1. The van der Waals surface area contributed by atoms with Crippen LogP contribution in [0, 0.1) is 16.7 Å². The van der Waals surface area contributed by atoms with Crippen LogP contribution in [-0.2, 0) is 22.2 Å². The lowest BCUT2D eigenvalue weighted by molar-refractivity contribution is -0.149. The van der Waals surface area contributed by atoms with E-state index < -0.39 is 28.5 Å². The van der Waals surface area contributed by atoms with Crippen molar-refractivity contribution >= 4 is 23.2 Å². The summed E-state index contributed by atoms with van der Waals surface area (Å²) in [4.78, 5) is 30.8. The van der Waals surface area contributed by atoms with Crippen LogP contribution in [0.25, 0.3) is 0 Å². The molecule has 0 radical (unpaired) electrons. The van der Waals surface area contributed by atoms with Gasteiger partial charge in [0.15, 0.2) is 11.6 Å². The molecule has 0 amide bonds. The molecule has 1 heterocycles. The molecular weight excluding hydrogens is 455 g/mol. The molecule has 0 spiro atoms. The average Bonchev–Trinajstić information content (AvgIpc) is 2.92. The van der Waals surface area contributed by atoms with Crippen molar-refractivity contribution in [3.8, 4) is 11.6 Å². The molecule has 1 unspecified atom stereocenters. The van der Waals surface area contributed by atoms with Crippen LogP contribution in [0.2, 0.25) is 5.02 Å². The normalized spacial score (nSPS) is 26.5. The second kappa shape index (κ2) is 7.83. The predicted octanol–water partition coefficient (Wildman–Crippen LogP) is 6.79. The van der Waals surface area contributed by atoms with Crippen molar-refractivity contribution in [3.05, 3.63) is 52.2 Å². The van der Waals surface area contributed by atoms with Crippen molar-refractivity contribution in [3.63, 3.8) is 0 Å². The fourth-order valence-corrected chi connectivity index (χ4v) is 5.58. The average molecular weight is 480 g/mol. The summed E-state index contributed by atoms with van der Waals surface area (Å²) in [6.45, 7) is 7.88. The first-order chi connectivity index (χ1) is 15.3. The molecule has 0 N–H and O–H groups in total. The number of carbonyl (C=O) groups excluding carboxylic acids is 2. The van der Waals surface area contributed by atoms with Gasteiger partial charge in [0.25, 0.3) is 0 Å². The van der Waals surface area contributed by atoms with E-state index in [1.54, 1.807) is 18.2 Å². The number of Topliss-reactive ketones (excluding diaryl/α,β-unsaturated/α-hetero) is 2. The zero-order chi connectivity index (χ0) is 24.3. The van der Waals surface area contributed by atoms with Gasteiger partial charge in [-0.3, -0.25) is 9.59 Å². The van der Waals surface area contributed by atoms with Crippen LogP contribution in [0.5, 0.6) is 11.6 Å². The molecule has 176 valence electrons. The smallest absolute Gasteiger partial charge is 0.417 e. The number of alkyl halides is 3. The zero-order valence-electron chi connectivity index (χ0n) is 18.8. The number of benzene rings is 1. The van der Waals surface area contributed by atoms with E-state index in [-0.39, 0.29) is 34.1 Å². The van der Waals surface area contributed by atoms with Crippen LogP contribution in [-0.4, -0.2) is 16.6 Å². The molecule has 0 aliphatic heterocycles. The molecule has 1 aromatic carbocycles. The number of ketones is 2. The Hall–Kier alpha value is -2.41. The van der Waals surface area contributed by atoms with Crippen LogP contribution < -0.4 is 4.74 Å². The Morgan fingerprint density at radius 1 is 1.18 bits per heavy atom. The van der Waals surface area contributed by atoms with Gasteiger partial charge in [0.1, 0.15) is 16.7 Å². The molecule has 2 saturated carbocycles. The Kier molecular flexibility index (Phi) is 5.63. The van der Waals surface area contributed by atoms with Gasteiger partial charge in [0.05, 0.1) is 5.56 Å². The molecule has 4 rings (SSSR count). The maximum absolute atomic E-state index is 13.7. The van der Waals surface area contributed by atoms with E-state index in [1.165, 1.54) is 0 Å². The summed E-state index contributed by atoms with van der Waals surface area (Å²) in [5.41, 5.74) is -0.553. The van der Waals surface area contributed by atoms with Crippen LogP contribution >= 0.6 is 11.6 Å². The first kappa shape index (κ1) is 23.7. The van der Waals surface area contributed by atoms with E-state index in [9.17, 15) is 22.8 Å². The van der Waals surface area contributed by atoms with Crippen molar-refractivity contribution in [1.29, 1.82) is 0 Å². The fourth-order valence-electron chi connectivity index (χ4n) is 5.38. The molecule has 3 atom stereocenters. The number of hydrogen-bond donors (Lipinski definition) is 0. The molecule has 33 heavy (non-hydrogen) atoms. The number of hydrogen-bond acceptors (Lipinski definition) is 4. The Bertz CT molecular complexity index is 1140. The Balaban J connectivity index is 1.72. The van der Waals surface area contributed by atoms with Gasteiger partial charge in [0.2, 0.25) is 5.88 Å². The molecule has 2 aliphatic carbocycles. The highest BCUT2D eigenvalue weighted by molar-refractivity contribution is 6.31. The largest absolute Gasteiger partial charge is 0.438 e. The van der Waals surface area contributed by atoms with E-state index in [0.29, 0.717) is 31.0 Å². The molecule has 8 heteroatoms. The minimum Gasteiger partial charge on any atom is -0.438 e. The van der Waals surface area contributed by atoms with Crippen molar-refractivity contribution < 1.29 is 27.5 Å². The summed E-state index contributed by atoms with van der Waals surface area (Å²) in [5, 5.41) is -0.289. The summed E-state index contributed by atoms with van der Waals surface area (Å²) in [7, 11) is 0. The van der Waals surface area contributed by atoms with Gasteiger partial charge in [-0.2, -0.15) is 13.2 Å². The van der Waals surface area contributed by atoms with E-state index >= 15 is 0 Å². The number of aryl methyl sites for hydroxylation is 1. The third-order valence-corrected chi connectivity index (χ3v) is 8.09. The SMILES string of the molecule is CCc1ccc(Oc2ncc(C(F)(F)F)cc2Cl)cc1C1C(=O)[C@@H]2CC[C@](C)(C1=O)C2(C)C. The summed E-state index contributed by atoms with van der Waals surface area (Å²) >= 11 is 5.98. The van der Waals surface area contributed by atoms with Gasteiger partial charge >= 0.3 is 6.18 Å². The molecule has 2 fully saturated rings. The molecule has 2 aliphatic rings. The summed E-state index contributed by atoms with van der Waals surface area (Å²) < 4.78 is 44.4. The Morgan fingerprint density at radius 3 is 2.48 bits per heavy atom. The second-order valence-corrected chi connectivity index (χ2v) is 10.1. The molecule has 4 nitrogen and oxygen atoms in total. The number of aromatic nitrogens is 1. The fraction of sp³-hybridized carbons (Fsp3) is 0.480. The number of pyridine rings is 1. The first-order valence-corrected chi connectivity index (χ1v) is 11.3. The quantitative estimate of drug-likeness (QED) is 0.453. The third-order valence-electron chi connectivity index (χ3n) is 7.82. The van der Waals surface area contributed by atoms with Crippen molar-refractivity contribution in [2.24, 2.45) is 16.7 Å². The number of ether oxygens (including phenoxy) is 1. The number of carbonyl (C=O) groups is 2. The van der Waals surface area contributed by atoms with Gasteiger partial charge in [-0.1, -0.05) is 45.4 Å². The van der Waals surface area contributed by atoms with Crippen LogP contribution in [0.3, 0.4) is 0 Å². The molecule has 2 bridgehead atoms. The zero-order valence-corrected chi connectivity index (χ0v) is 19.6. The monoisotopic (exact) mass is 479 g/mol. The predicted molar refractivity (Wildman–Crippen MR) is 118 cm³/mol. The van der Waals surface area contributed by atoms with E-state index in [4.69, 9.17) is 16.3 Å². The minimum atomic E-state index is -4.57. The van der Waals surface area contributed by atoms with Gasteiger partial charge in [0, 0.05) is 17.5 Å². The molecule has 1 aromatic heterocycles. The Morgan fingerprint density at radius 2 is 1.88 bits per heavy atom. The third kappa shape index (κ3) is 3.65. The van der Waals surface area contributed by atoms with Gasteiger partial charge in [-0.15, -0.1) is 0 Å². The summed E-state index contributed by atoms with van der Waals surface area (Å²) in [6.07, 6.45) is -1.95. The van der Waals surface area contributed by atoms with E-state index in [2.05, 4.69) is 4.98 Å². The molecule has 2 aromatic rings. The van der Waals surface area contributed by atoms with Gasteiger partial charge < -0.3 is 4.74 Å². The van der Waals surface area contributed by atoms with Crippen LogP contribution in [0.15, 0.2) is 30.5 Å². The van der Waals surface area contributed by atoms with E-state index in [0.717, 1.165) is 11.6 Å². The maximum Gasteiger partial charge on any atom is 0.417 e. The van der Waals surface area contributed by atoms with Gasteiger partial charge in [-0.25, -0.2) is 4.98 Å². The van der Waals surface area contributed by atoms with Crippen LogP contribution in [0.1, 0.15) is 63.1 Å². The van der Waals surface area contributed by atoms with Gasteiger partial charge in [-0.05, 0) is 54.0 Å². The topological polar surface area (TPSA) is 56.3 Å². The highest BCUT2D eigenvalue weighted by Gasteiger charge is 2.64. The number of fused-ring (bicyclic) bond motifs is 2. The number of halogens is 4. The van der Waals surface area contributed by atoms with Crippen molar-refractivity contribution in [2.45, 2.75) is 59.1 Å². The standard InChI is InChI=1S/C25H25ClF3NO3/c1-5-13-6-7-15(33-22-18(26)10-14(12-30-22)25(27,28)29)11-16(13)19-20(31)17-8-9-24(4,21(19)32)23(17,2)3/h6-7,10-12,17,19H,5,8-9H2,1-4H3/t17-,19?,24+/m0/s1. The van der Waals surface area contributed by atoms with Crippen LogP contribution in [0.4, 0.5) is 13.2 Å². The highest BCUT2D eigenvalue weighted by atomic mass is 35.5.